The maximum Gasteiger partial charge on any atom is 0.325 e. The van der Waals surface area contributed by atoms with E-state index in [-0.39, 0.29) is 18.9 Å². The largest absolute Gasteiger partial charge is 0.340 e. The zero-order chi connectivity index (χ0) is 20.3. The number of rotatable bonds is 6. The molecule has 7 heteroatoms. The molecule has 28 heavy (non-hydrogen) atoms. The highest BCUT2D eigenvalue weighted by molar-refractivity contribution is 6.09. The number of carbonyl (C=O) groups is 3. The molecule has 1 aliphatic rings. The van der Waals surface area contributed by atoms with Crippen LogP contribution in [0, 0.1) is 5.82 Å². The van der Waals surface area contributed by atoms with Crippen molar-refractivity contribution in [3.05, 3.63) is 71.5 Å². The summed E-state index contributed by atoms with van der Waals surface area (Å²) in [6, 6.07) is 14.3. The molecule has 0 aliphatic carbocycles. The molecule has 1 N–H and O–H groups in total. The van der Waals surface area contributed by atoms with Gasteiger partial charge in [-0.2, -0.15) is 0 Å². The Bertz CT molecular complexity index is 886. The van der Waals surface area contributed by atoms with Gasteiger partial charge in [0.25, 0.3) is 5.91 Å². The third-order valence-corrected chi connectivity index (χ3v) is 5.02. The average Bonchev–Trinajstić information content (AvgIpc) is 2.94. The van der Waals surface area contributed by atoms with E-state index in [9.17, 15) is 18.8 Å². The van der Waals surface area contributed by atoms with Gasteiger partial charge < -0.3 is 10.2 Å². The Kier molecular flexibility index (Phi) is 5.44. The van der Waals surface area contributed by atoms with Gasteiger partial charge in [-0.3, -0.25) is 14.5 Å². The molecule has 146 valence electrons. The number of nitrogens with zero attached hydrogens (tertiary/aromatic N) is 2. The van der Waals surface area contributed by atoms with Crippen molar-refractivity contribution in [2.24, 2.45) is 0 Å². The number of hydrogen-bond acceptors (Lipinski definition) is 3. The zero-order valence-corrected chi connectivity index (χ0v) is 15.8. The van der Waals surface area contributed by atoms with Crippen molar-refractivity contribution in [1.82, 2.24) is 15.1 Å². The number of likely N-dealkylation sites (N-methyl/N-ethyl adjacent to an activating group) is 1. The van der Waals surface area contributed by atoms with E-state index in [1.807, 2.05) is 30.3 Å². The lowest BCUT2D eigenvalue weighted by molar-refractivity contribution is -0.138. The summed E-state index contributed by atoms with van der Waals surface area (Å²) in [4.78, 5) is 40.5. The van der Waals surface area contributed by atoms with Crippen molar-refractivity contribution in [2.45, 2.75) is 25.4 Å². The van der Waals surface area contributed by atoms with E-state index in [1.165, 1.54) is 29.2 Å². The fourth-order valence-electron chi connectivity index (χ4n) is 3.34. The Balaban J connectivity index is 1.75. The predicted octanol–water partition coefficient (Wildman–Crippen LogP) is 2.64. The van der Waals surface area contributed by atoms with Crippen LogP contribution in [0.3, 0.4) is 0 Å². The summed E-state index contributed by atoms with van der Waals surface area (Å²) in [5, 5.41) is 2.69. The molecule has 0 aromatic heterocycles. The number of hydrogen-bond donors (Lipinski definition) is 1. The SMILES string of the molecule is CCC1(c2ccc(F)cc2)NC(=O)N(CC(=O)N(C)Cc2ccccc2)C1=O. The molecule has 0 bridgehead atoms. The van der Waals surface area contributed by atoms with Crippen LogP contribution in [0.1, 0.15) is 24.5 Å². The van der Waals surface area contributed by atoms with Crippen LogP contribution < -0.4 is 5.32 Å². The van der Waals surface area contributed by atoms with Crippen molar-refractivity contribution in [3.8, 4) is 0 Å². The second-order valence-electron chi connectivity index (χ2n) is 6.82. The van der Waals surface area contributed by atoms with Crippen molar-refractivity contribution < 1.29 is 18.8 Å². The van der Waals surface area contributed by atoms with Gasteiger partial charge in [-0.15, -0.1) is 0 Å². The Morgan fingerprint density at radius 3 is 2.36 bits per heavy atom. The standard InChI is InChI=1S/C21H22FN3O3/c1-3-21(16-9-11-17(22)12-10-16)19(27)25(20(28)23-21)14-18(26)24(2)13-15-7-5-4-6-8-15/h4-12H,3,13-14H2,1-2H3,(H,23,28). The van der Waals surface area contributed by atoms with Crippen molar-refractivity contribution >= 4 is 17.8 Å². The van der Waals surface area contributed by atoms with Gasteiger partial charge in [0, 0.05) is 13.6 Å². The smallest absolute Gasteiger partial charge is 0.325 e. The first-order valence-corrected chi connectivity index (χ1v) is 9.05. The summed E-state index contributed by atoms with van der Waals surface area (Å²) in [5.74, 6) is -1.28. The van der Waals surface area contributed by atoms with E-state index in [1.54, 1.807) is 14.0 Å². The minimum atomic E-state index is -1.29. The lowest BCUT2D eigenvalue weighted by atomic mass is 9.87. The van der Waals surface area contributed by atoms with Gasteiger partial charge in [-0.05, 0) is 29.7 Å². The number of urea groups is 1. The molecule has 1 aliphatic heterocycles. The second kappa shape index (κ2) is 7.80. The Morgan fingerprint density at radius 2 is 1.75 bits per heavy atom. The van der Waals surface area contributed by atoms with E-state index in [0.717, 1.165) is 10.5 Å². The molecule has 2 aromatic carbocycles. The fourth-order valence-corrected chi connectivity index (χ4v) is 3.34. The minimum absolute atomic E-state index is 0.285. The van der Waals surface area contributed by atoms with Gasteiger partial charge in [0.05, 0.1) is 0 Å². The Hall–Kier alpha value is -3.22. The quantitative estimate of drug-likeness (QED) is 0.780. The fraction of sp³-hybridized carbons (Fsp3) is 0.286. The van der Waals surface area contributed by atoms with Crippen LogP contribution >= 0.6 is 0 Å². The molecule has 1 unspecified atom stereocenters. The second-order valence-corrected chi connectivity index (χ2v) is 6.82. The van der Waals surface area contributed by atoms with E-state index in [2.05, 4.69) is 5.32 Å². The molecule has 0 saturated carbocycles. The maximum absolute atomic E-state index is 13.3. The van der Waals surface area contributed by atoms with Crippen LogP contribution in [-0.2, 0) is 21.7 Å². The molecule has 1 fully saturated rings. The van der Waals surface area contributed by atoms with Crippen LogP contribution in [0.25, 0.3) is 0 Å². The summed E-state index contributed by atoms with van der Waals surface area (Å²) < 4.78 is 13.3. The summed E-state index contributed by atoms with van der Waals surface area (Å²) in [7, 11) is 1.63. The number of carbonyl (C=O) groups excluding carboxylic acids is 3. The lowest BCUT2D eigenvalue weighted by Gasteiger charge is -2.26. The van der Waals surface area contributed by atoms with Crippen LogP contribution in [0.4, 0.5) is 9.18 Å². The summed E-state index contributed by atoms with van der Waals surface area (Å²) in [5.41, 5.74) is 0.149. The molecular weight excluding hydrogens is 361 g/mol. The van der Waals surface area contributed by atoms with Gasteiger partial charge in [-0.1, -0.05) is 49.4 Å². The molecule has 1 saturated heterocycles. The van der Waals surface area contributed by atoms with Crippen molar-refractivity contribution in [3.63, 3.8) is 0 Å². The highest BCUT2D eigenvalue weighted by Gasteiger charge is 2.51. The molecule has 1 heterocycles. The van der Waals surface area contributed by atoms with Gasteiger partial charge in [-0.25, -0.2) is 9.18 Å². The Labute approximate surface area is 162 Å². The number of amides is 4. The van der Waals surface area contributed by atoms with E-state index in [4.69, 9.17) is 0 Å². The van der Waals surface area contributed by atoms with E-state index >= 15 is 0 Å². The molecule has 2 aromatic rings. The molecule has 6 nitrogen and oxygen atoms in total. The Morgan fingerprint density at radius 1 is 1.11 bits per heavy atom. The van der Waals surface area contributed by atoms with Crippen molar-refractivity contribution in [2.75, 3.05) is 13.6 Å². The molecule has 4 amide bonds. The topological polar surface area (TPSA) is 69.7 Å². The number of imide groups is 1. The molecule has 0 spiro atoms. The van der Waals surface area contributed by atoms with Crippen LogP contribution in [0.2, 0.25) is 0 Å². The minimum Gasteiger partial charge on any atom is -0.340 e. The summed E-state index contributed by atoms with van der Waals surface area (Å²) in [6.45, 7) is 1.78. The molecular formula is C21H22FN3O3. The normalized spacial score (nSPS) is 18.9. The maximum atomic E-state index is 13.3. The third-order valence-electron chi connectivity index (χ3n) is 5.02. The number of benzene rings is 2. The summed E-state index contributed by atoms with van der Waals surface area (Å²) in [6.07, 6.45) is 0.285. The average molecular weight is 383 g/mol. The van der Waals surface area contributed by atoms with Crippen LogP contribution in [-0.4, -0.2) is 41.2 Å². The van der Waals surface area contributed by atoms with Crippen LogP contribution in [0.15, 0.2) is 54.6 Å². The predicted molar refractivity (Wildman–Crippen MR) is 102 cm³/mol. The number of halogens is 1. The van der Waals surface area contributed by atoms with Crippen molar-refractivity contribution in [1.29, 1.82) is 0 Å². The van der Waals surface area contributed by atoms with Crippen LogP contribution in [0.5, 0.6) is 0 Å². The number of nitrogens with one attached hydrogen (secondary N) is 1. The first-order chi connectivity index (χ1) is 13.4. The molecule has 0 radical (unpaired) electrons. The lowest BCUT2D eigenvalue weighted by Crippen LogP contribution is -2.45. The van der Waals surface area contributed by atoms with Gasteiger partial charge >= 0.3 is 6.03 Å². The monoisotopic (exact) mass is 383 g/mol. The van der Waals surface area contributed by atoms with Gasteiger partial charge in [0.15, 0.2) is 0 Å². The molecule has 1 atom stereocenters. The third kappa shape index (κ3) is 3.60. The first-order valence-electron chi connectivity index (χ1n) is 9.05. The van der Waals surface area contributed by atoms with Gasteiger partial charge in [0.1, 0.15) is 17.9 Å². The highest BCUT2D eigenvalue weighted by Crippen LogP contribution is 2.32. The molecule has 3 rings (SSSR count). The van der Waals surface area contributed by atoms with Gasteiger partial charge in [0.2, 0.25) is 5.91 Å². The first kappa shape index (κ1) is 19.5. The zero-order valence-electron chi connectivity index (χ0n) is 15.8. The van der Waals surface area contributed by atoms with E-state index < -0.39 is 23.3 Å². The van der Waals surface area contributed by atoms with E-state index in [0.29, 0.717) is 12.1 Å². The highest BCUT2D eigenvalue weighted by atomic mass is 19.1. The summed E-state index contributed by atoms with van der Waals surface area (Å²) >= 11 is 0.